The number of hydrogen-bond donors (Lipinski definition) is 2. The Bertz CT molecular complexity index is 785. The summed E-state index contributed by atoms with van der Waals surface area (Å²) in [6, 6.07) is 20.5. The Balaban J connectivity index is 1.97. The van der Waals surface area contributed by atoms with Gasteiger partial charge in [-0.2, -0.15) is 0 Å². The van der Waals surface area contributed by atoms with Crippen LogP contribution in [0.3, 0.4) is 0 Å². The van der Waals surface area contributed by atoms with E-state index in [-0.39, 0.29) is 11.7 Å². The molecule has 23 heavy (non-hydrogen) atoms. The summed E-state index contributed by atoms with van der Waals surface area (Å²) >= 11 is 0. The molecule has 0 amide bonds. The van der Waals surface area contributed by atoms with Crippen LogP contribution in [0.4, 0.5) is 4.39 Å². The van der Waals surface area contributed by atoms with Gasteiger partial charge in [0.1, 0.15) is 5.82 Å². The van der Waals surface area contributed by atoms with Crippen molar-refractivity contribution in [2.24, 2.45) is 0 Å². The number of benzene rings is 3. The van der Waals surface area contributed by atoms with Gasteiger partial charge in [-0.05, 0) is 41.1 Å². The average molecular weight is 309 g/mol. The third-order valence-corrected chi connectivity index (χ3v) is 4.22. The van der Waals surface area contributed by atoms with E-state index in [9.17, 15) is 9.50 Å². The van der Waals surface area contributed by atoms with Crippen molar-refractivity contribution in [3.05, 3.63) is 83.7 Å². The molecule has 0 radical (unpaired) electrons. The first kappa shape index (κ1) is 15.7. The second-order valence-corrected chi connectivity index (χ2v) is 5.77. The van der Waals surface area contributed by atoms with Crippen molar-refractivity contribution in [2.75, 3.05) is 13.6 Å². The number of halogens is 1. The van der Waals surface area contributed by atoms with E-state index in [2.05, 4.69) is 35.6 Å². The Hall–Kier alpha value is -2.23. The fraction of sp³-hybridized carbons (Fsp3) is 0.200. The molecule has 0 saturated carbocycles. The van der Waals surface area contributed by atoms with E-state index >= 15 is 0 Å². The van der Waals surface area contributed by atoms with Crippen LogP contribution in [0.2, 0.25) is 0 Å². The van der Waals surface area contributed by atoms with Crippen LogP contribution >= 0.6 is 0 Å². The molecule has 0 aliphatic rings. The van der Waals surface area contributed by atoms with Crippen LogP contribution in [0.25, 0.3) is 10.8 Å². The minimum atomic E-state index is -0.691. The third-order valence-electron chi connectivity index (χ3n) is 4.22. The number of fused-ring (bicyclic) bond motifs is 1. The molecule has 3 rings (SSSR count). The summed E-state index contributed by atoms with van der Waals surface area (Å²) < 4.78 is 13.1. The standard InChI is InChI=1S/C20H20FNO/c1-22-13-19(20(23)15-8-10-18(21)11-9-15)17-7-6-14-4-2-3-5-16(14)12-17/h2-12,19-20,22-23H,13H2,1H3/t19-,20?/m1/s1. The highest BCUT2D eigenvalue weighted by molar-refractivity contribution is 5.83. The van der Waals surface area contributed by atoms with E-state index in [1.807, 2.05) is 19.2 Å². The van der Waals surface area contributed by atoms with Crippen LogP contribution < -0.4 is 5.32 Å². The molecule has 2 nitrogen and oxygen atoms in total. The first-order valence-electron chi connectivity index (χ1n) is 7.76. The third kappa shape index (κ3) is 3.41. The van der Waals surface area contributed by atoms with Crippen molar-refractivity contribution in [1.82, 2.24) is 5.32 Å². The second-order valence-electron chi connectivity index (χ2n) is 5.77. The zero-order chi connectivity index (χ0) is 16.2. The van der Waals surface area contributed by atoms with Gasteiger partial charge in [-0.1, -0.05) is 54.6 Å². The quantitative estimate of drug-likeness (QED) is 0.746. The highest BCUT2D eigenvalue weighted by atomic mass is 19.1. The lowest BCUT2D eigenvalue weighted by Gasteiger charge is -2.24. The molecule has 0 aromatic heterocycles. The SMILES string of the molecule is CNC[C@H](c1ccc2ccccc2c1)C(O)c1ccc(F)cc1. The molecule has 2 atom stereocenters. The molecule has 3 heteroatoms. The normalized spacial score (nSPS) is 13.9. The van der Waals surface area contributed by atoms with Crippen molar-refractivity contribution in [3.8, 4) is 0 Å². The number of rotatable bonds is 5. The highest BCUT2D eigenvalue weighted by Gasteiger charge is 2.22. The van der Waals surface area contributed by atoms with Gasteiger partial charge in [0.2, 0.25) is 0 Å². The van der Waals surface area contributed by atoms with E-state index in [1.165, 1.54) is 17.5 Å². The van der Waals surface area contributed by atoms with Crippen LogP contribution in [-0.4, -0.2) is 18.7 Å². The summed E-state index contributed by atoms with van der Waals surface area (Å²) in [5.74, 6) is -0.396. The zero-order valence-corrected chi connectivity index (χ0v) is 13.0. The van der Waals surface area contributed by atoms with Crippen LogP contribution in [-0.2, 0) is 0 Å². The molecule has 1 unspecified atom stereocenters. The summed E-state index contributed by atoms with van der Waals surface area (Å²) in [7, 11) is 1.87. The van der Waals surface area contributed by atoms with Gasteiger partial charge < -0.3 is 10.4 Å². The van der Waals surface area contributed by atoms with Crippen molar-refractivity contribution >= 4 is 10.8 Å². The Morgan fingerprint density at radius 2 is 1.57 bits per heavy atom. The van der Waals surface area contributed by atoms with Gasteiger partial charge in [-0.3, -0.25) is 0 Å². The van der Waals surface area contributed by atoms with Gasteiger partial charge in [0.15, 0.2) is 0 Å². The number of aliphatic hydroxyl groups is 1. The monoisotopic (exact) mass is 309 g/mol. The summed E-state index contributed by atoms with van der Waals surface area (Å²) in [6.45, 7) is 0.636. The molecule has 0 aliphatic heterocycles. The molecular formula is C20H20FNO. The predicted octanol–water partition coefficient (Wildman–Crippen LogP) is 4.02. The summed E-state index contributed by atoms with van der Waals surface area (Å²) in [4.78, 5) is 0. The van der Waals surface area contributed by atoms with Gasteiger partial charge in [0, 0.05) is 12.5 Å². The smallest absolute Gasteiger partial charge is 0.123 e. The Labute approximate surface area is 135 Å². The van der Waals surface area contributed by atoms with E-state index in [4.69, 9.17) is 0 Å². The molecular weight excluding hydrogens is 289 g/mol. The van der Waals surface area contributed by atoms with Crippen LogP contribution in [0.5, 0.6) is 0 Å². The maximum Gasteiger partial charge on any atom is 0.123 e. The molecule has 118 valence electrons. The molecule has 3 aromatic rings. The van der Waals surface area contributed by atoms with E-state index in [0.29, 0.717) is 6.54 Å². The maximum absolute atomic E-state index is 13.1. The first-order valence-corrected chi connectivity index (χ1v) is 7.76. The molecule has 0 saturated heterocycles. The lowest BCUT2D eigenvalue weighted by Crippen LogP contribution is -2.23. The molecule has 3 aromatic carbocycles. The second kappa shape index (κ2) is 6.90. The minimum Gasteiger partial charge on any atom is -0.388 e. The number of aliphatic hydroxyl groups excluding tert-OH is 1. The summed E-state index contributed by atoms with van der Waals surface area (Å²) in [5.41, 5.74) is 1.79. The zero-order valence-electron chi connectivity index (χ0n) is 13.0. The van der Waals surface area contributed by atoms with Gasteiger partial charge in [0.05, 0.1) is 6.10 Å². The molecule has 0 fully saturated rings. The Morgan fingerprint density at radius 1 is 0.913 bits per heavy atom. The Kier molecular flexibility index (Phi) is 4.70. The molecule has 2 N–H and O–H groups in total. The fourth-order valence-corrected chi connectivity index (χ4v) is 2.96. The van der Waals surface area contributed by atoms with Crippen LogP contribution in [0.15, 0.2) is 66.7 Å². The van der Waals surface area contributed by atoms with Gasteiger partial charge in [0.25, 0.3) is 0 Å². The topological polar surface area (TPSA) is 32.3 Å². The van der Waals surface area contributed by atoms with Crippen LogP contribution in [0, 0.1) is 5.82 Å². The van der Waals surface area contributed by atoms with E-state index in [0.717, 1.165) is 16.5 Å². The van der Waals surface area contributed by atoms with Gasteiger partial charge in [-0.15, -0.1) is 0 Å². The van der Waals surface area contributed by atoms with E-state index < -0.39 is 6.10 Å². The number of hydrogen-bond acceptors (Lipinski definition) is 2. The molecule has 0 aliphatic carbocycles. The first-order chi connectivity index (χ1) is 11.2. The van der Waals surface area contributed by atoms with E-state index in [1.54, 1.807) is 12.1 Å². The lowest BCUT2D eigenvalue weighted by atomic mass is 9.88. The number of nitrogens with one attached hydrogen (secondary N) is 1. The number of likely N-dealkylation sites (N-methyl/N-ethyl adjacent to an activating group) is 1. The van der Waals surface area contributed by atoms with Crippen molar-refractivity contribution in [2.45, 2.75) is 12.0 Å². The highest BCUT2D eigenvalue weighted by Crippen LogP contribution is 2.32. The van der Waals surface area contributed by atoms with Gasteiger partial charge in [-0.25, -0.2) is 4.39 Å². The van der Waals surface area contributed by atoms with Crippen molar-refractivity contribution < 1.29 is 9.50 Å². The Morgan fingerprint density at radius 3 is 2.26 bits per heavy atom. The molecule has 0 bridgehead atoms. The van der Waals surface area contributed by atoms with Crippen LogP contribution in [0.1, 0.15) is 23.1 Å². The van der Waals surface area contributed by atoms with Gasteiger partial charge >= 0.3 is 0 Å². The summed E-state index contributed by atoms with van der Waals surface area (Å²) in [6.07, 6.45) is -0.691. The summed E-state index contributed by atoms with van der Waals surface area (Å²) in [5, 5.41) is 16.2. The van der Waals surface area contributed by atoms with Crippen molar-refractivity contribution in [1.29, 1.82) is 0 Å². The van der Waals surface area contributed by atoms with Crippen molar-refractivity contribution in [3.63, 3.8) is 0 Å². The minimum absolute atomic E-state index is 0.102. The molecule has 0 spiro atoms. The molecule has 0 heterocycles. The average Bonchev–Trinajstić information content (AvgIpc) is 2.59. The maximum atomic E-state index is 13.1. The fourth-order valence-electron chi connectivity index (χ4n) is 2.96. The lowest BCUT2D eigenvalue weighted by molar-refractivity contribution is 0.144. The largest absolute Gasteiger partial charge is 0.388 e. The predicted molar refractivity (Wildman–Crippen MR) is 92.0 cm³/mol.